The average Bonchev–Trinajstić information content (AvgIpc) is 2.61. The number of nitrogens with two attached hydrogens (primary N) is 1. The highest BCUT2D eigenvalue weighted by Crippen LogP contribution is 2.40. The van der Waals surface area contributed by atoms with Gasteiger partial charge in [-0.2, -0.15) is 5.26 Å². The number of rotatable bonds is 3. The second kappa shape index (κ2) is 6.96. The largest absolute Gasteiger partial charge is 0.445 e. The number of nitriles is 1. The van der Waals surface area contributed by atoms with Crippen LogP contribution in [0, 0.1) is 11.3 Å². The Bertz CT molecular complexity index is 940. The number of nitrogens with zero attached hydrogens (tertiary/aromatic N) is 1. The molecule has 0 saturated carbocycles. The number of hydrogen-bond acceptors (Lipinski definition) is 4. The van der Waals surface area contributed by atoms with Crippen molar-refractivity contribution in [2.24, 2.45) is 5.73 Å². The molecule has 1 aliphatic rings. The molecule has 1 heterocycles. The third kappa shape index (κ3) is 3.21. The molecule has 0 fully saturated rings. The van der Waals surface area contributed by atoms with E-state index in [1.165, 1.54) is 0 Å². The summed E-state index contributed by atoms with van der Waals surface area (Å²) in [5.74, 6) is -0.294. The van der Waals surface area contributed by atoms with Crippen molar-refractivity contribution >= 4 is 21.7 Å². The van der Waals surface area contributed by atoms with Gasteiger partial charge in [-0.1, -0.05) is 58.4 Å². The molecule has 1 aliphatic heterocycles. The van der Waals surface area contributed by atoms with Gasteiger partial charge >= 0.3 is 0 Å². The van der Waals surface area contributed by atoms with Gasteiger partial charge in [0.15, 0.2) is 5.78 Å². The minimum absolute atomic E-state index is 0.0367. The van der Waals surface area contributed by atoms with Crippen LogP contribution in [0.1, 0.15) is 28.8 Å². The number of carbonyl (C=O) groups is 1. The number of benzene rings is 2. The molecule has 1 atom stereocenters. The van der Waals surface area contributed by atoms with Crippen molar-refractivity contribution in [1.82, 2.24) is 0 Å². The predicted molar refractivity (Wildman–Crippen MR) is 98.3 cm³/mol. The number of hydrogen-bond donors (Lipinski definition) is 1. The Kier molecular flexibility index (Phi) is 4.73. The van der Waals surface area contributed by atoms with Crippen molar-refractivity contribution in [3.05, 3.63) is 93.0 Å². The smallest absolute Gasteiger partial charge is 0.205 e. The van der Waals surface area contributed by atoms with Crippen LogP contribution in [0.4, 0.5) is 0 Å². The Hall–Kier alpha value is -2.84. The Morgan fingerprint density at radius 1 is 1.20 bits per heavy atom. The number of halogens is 1. The summed E-state index contributed by atoms with van der Waals surface area (Å²) < 4.78 is 6.37. The minimum atomic E-state index is -0.566. The molecule has 2 aromatic rings. The van der Waals surface area contributed by atoms with E-state index in [2.05, 4.69) is 22.0 Å². The van der Waals surface area contributed by atoms with E-state index in [-0.39, 0.29) is 17.2 Å². The third-order valence-corrected chi connectivity index (χ3v) is 4.56. The number of Topliss-reactive ketones (excluding diaryl/α,β-unsaturated/α-hetero) is 1. The molecule has 5 heteroatoms. The monoisotopic (exact) mass is 394 g/mol. The Balaban J connectivity index is 2.19. The fourth-order valence-corrected chi connectivity index (χ4v) is 3.36. The van der Waals surface area contributed by atoms with Crippen molar-refractivity contribution in [3.8, 4) is 6.07 Å². The lowest BCUT2D eigenvalue weighted by atomic mass is 9.80. The van der Waals surface area contributed by atoms with Crippen LogP contribution in [0.3, 0.4) is 0 Å². The van der Waals surface area contributed by atoms with Crippen LogP contribution in [0.15, 0.2) is 81.9 Å². The average molecular weight is 395 g/mol. The first kappa shape index (κ1) is 17.0. The summed E-state index contributed by atoms with van der Waals surface area (Å²) >= 11 is 3.44. The second-order valence-corrected chi connectivity index (χ2v) is 6.56. The maximum absolute atomic E-state index is 13.1. The highest BCUT2D eigenvalue weighted by molar-refractivity contribution is 9.10. The molecular weight excluding hydrogens is 380 g/mol. The summed E-state index contributed by atoms with van der Waals surface area (Å²) in [5.41, 5.74) is 7.93. The minimum Gasteiger partial charge on any atom is -0.445 e. The first-order valence-corrected chi connectivity index (χ1v) is 8.45. The summed E-state index contributed by atoms with van der Waals surface area (Å²) in [4.78, 5) is 13.1. The van der Waals surface area contributed by atoms with Gasteiger partial charge in [-0.05, 0) is 24.6 Å². The zero-order valence-electron chi connectivity index (χ0n) is 13.5. The van der Waals surface area contributed by atoms with Crippen LogP contribution in [0.25, 0.3) is 0 Å². The summed E-state index contributed by atoms with van der Waals surface area (Å²) in [6.45, 7) is 1.70. The second-order valence-electron chi connectivity index (χ2n) is 5.64. The van der Waals surface area contributed by atoms with E-state index in [0.29, 0.717) is 16.9 Å². The Morgan fingerprint density at radius 3 is 2.56 bits per heavy atom. The van der Waals surface area contributed by atoms with E-state index < -0.39 is 5.92 Å². The number of allylic oxidation sites excluding steroid dienone is 3. The van der Waals surface area contributed by atoms with Gasteiger partial charge in [0, 0.05) is 10.0 Å². The standard InChI is InChI=1S/C20H15BrN2O2/c1-12-17(19(24)13-6-3-2-4-7-13)18(16(11-22)20(23)25-12)14-8-5-9-15(21)10-14/h2-10,18H,23H2,1H3. The molecule has 0 aliphatic carbocycles. The predicted octanol–water partition coefficient (Wildman–Crippen LogP) is 4.41. The molecule has 0 amide bonds. The van der Waals surface area contributed by atoms with E-state index in [9.17, 15) is 10.1 Å². The van der Waals surface area contributed by atoms with Crippen molar-refractivity contribution in [3.63, 3.8) is 0 Å². The highest BCUT2D eigenvalue weighted by atomic mass is 79.9. The summed E-state index contributed by atoms with van der Waals surface area (Å²) in [5, 5.41) is 9.61. The quantitative estimate of drug-likeness (QED) is 0.781. The fourth-order valence-electron chi connectivity index (χ4n) is 2.94. The molecule has 0 bridgehead atoms. The van der Waals surface area contributed by atoms with Gasteiger partial charge in [-0.3, -0.25) is 4.79 Å². The topological polar surface area (TPSA) is 76.1 Å². The van der Waals surface area contributed by atoms with Crippen LogP contribution < -0.4 is 5.73 Å². The molecule has 0 radical (unpaired) electrons. The van der Waals surface area contributed by atoms with Crippen molar-refractivity contribution in [2.75, 3.05) is 0 Å². The molecule has 0 aromatic heterocycles. The molecule has 2 N–H and O–H groups in total. The molecule has 3 rings (SSSR count). The molecule has 25 heavy (non-hydrogen) atoms. The first-order valence-electron chi connectivity index (χ1n) is 7.66. The Labute approximate surface area is 154 Å². The Morgan fingerprint density at radius 2 is 1.92 bits per heavy atom. The van der Waals surface area contributed by atoms with E-state index in [0.717, 1.165) is 10.0 Å². The third-order valence-electron chi connectivity index (χ3n) is 4.07. The van der Waals surface area contributed by atoms with Crippen LogP contribution in [0.5, 0.6) is 0 Å². The van der Waals surface area contributed by atoms with Crippen molar-refractivity contribution in [1.29, 1.82) is 5.26 Å². The molecule has 0 saturated heterocycles. The highest BCUT2D eigenvalue weighted by Gasteiger charge is 2.35. The van der Waals surface area contributed by atoms with Gasteiger partial charge in [-0.25, -0.2) is 0 Å². The number of ether oxygens (including phenoxy) is 1. The molecule has 2 aromatic carbocycles. The summed E-state index contributed by atoms with van der Waals surface area (Å²) in [6, 6.07) is 18.5. The van der Waals surface area contributed by atoms with Crippen molar-refractivity contribution < 1.29 is 9.53 Å². The van der Waals surface area contributed by atoms with E-state index in [1.54, 1.807) is 31.2 Å². The lowest BCUT2D eigenvalue weighted by Crippen LogP contribution is -2.24. The maximum atomic E-state index is 13.1. The maximum Gasteiger partial charge on any atom is 0.205 e. The lowest BCUT2D eigenvalue weighted by Gasteiger charge is -2.27. The zero-order chi connectivity index (χ0) is 18.0. The molecule has 4 nitrogen and oxygen atoms in total. The van der Waals surface area contributed by atoms with Gasteiger partial charge < -0.3 is 10.5 Å². The van der Waals surface area contributed by atoms with Crippen LogP contribution in [-0.2, 0) is 4.74 Å². The fraction of sp³-hybridized carbons (Fsp3) is 0.100. The molecule has 0 spiro atoms. The van der Waals surface area contributed by atoms with Crippen LogP contribution >= 0.6 is 15.9 Å². The SMILES string of the molecule is CC1=C(C(=O)c2ccccc2)C(c2cccc(Br)c2)C(C#N)=C(N)O1. The van der Waals surface area contributed by atoms with Gasteiger partial charge in [0.1, 0.15) is 17.4 Å². The van der Waals surface area contributed by atoms with Gasteiger partial charge in [0.2, 0.25) is 5.88 Å². The lowest BCUT2D eigenvalue weighted by molar-refractivity contribution is 0.101. The first-order chi connectivity index (χ1) is 12.0. The van der Waals surface area contributed by atoms with Crippen molar-refractivity contribution in [2.45, 2.75) is 12.8 Å². The van der Waals surface area contributed by atoms with E-state index in [4.69, 9.17) is 10.5 Å². The van der Waals surface area contributed by atoms with Crippen LogP contribution in [0.2, 0.25) is 0 Å². The molecular formula is C20H15BrN2O2. The van der Waals surface area contributed by atoms with E-state index >= 15 is 0 Å². The van der Waals surface area contributed by atoms with Gasteiger partial charge in [0.05, 0.1) is 11.5 Å². The number of carbonyl (C=O) groups excluding carboxylic acids is 1. The number of ketones is 1. The summed E-state index contributed by atoms with van der Waals surface area (Å²) in [7, 11) is 0. The molecule has 1 unspecified atom stereocenters. The van der Waals surface area contributed by atoms with Gasteiger partial charge in [0.25, 0.3) is 0 Å². The zero-order valence-corrected chi connectivity index (χ0v) is 15.1. The summed E-state index contributed by atoms with van der Waals surface area (Å²) in [6.07, 6.45) is 0. The van der Waals surface area contributed by atoms with E-state index in [1.807, 2.05) is 30.3 Å². The van der Waals surface area contributed by atoms with Crippen LogP contribution in [-0.4, -0.2) is 5.78 Å². The molecule has 124 valence electrons. The van der Waals surface area contributed by atoms with Gasteiger partial charge in [-0.15, -0.1) is 0 Å². The normalized spacial score (nSPS) is 17.1.